The molecule has 5 nitrogen and oxygen atoms in total. The second-order valence-electron chi connectivity index (χ2n) is 7.06. The maximum atomic E-state index is 12.8. The van der Waals surface area contributed by atoms with Crippen LogP contribution in [0.25, 0.3) is 0 Å². The highest BCUT2D eigenvalue weighted by Gasteiger charge is 2.64. The average molecular weight is 313 g/mol. The van der Waals surface area contributed by atoms with E-state index in [1.165, 1.54) is 0 Å². The normalized spacial score (nSPS) is 49.9. The molecule has 0 spiro atoms. The summed E-state index contributed by atoms with van der Waals surface area (Å²) in [5, 5.41) is 0. The van der Waals surface area contributed by atoms with E-state index in [1.807, 2.05) is 12.2 Å². The fraction of sp³-hybridized carbons (Fsp3) is 0.556. The number of allylic oxidation sites excluding steroid dienone is 2. The molecule has 3 saturated heterocycles. The van der Waals surface area contributed by atoms with Crippen molar-refractivity contribution in [3.8, 4) is 0 Å². The number of nitrogens with zero attached hydrogens (tertiary/aromatic N) is 1. The number of Topliss-reactive ketones (excluding diaryl/α,β-unsaturated/α-hetero) is 2. The van der Waals surface area contributed by atoms with E-state index < -0.39 is 6.29 Å². The van der Waals surface area contributed by atoms with Gasteiger partial charge in [0.1, 0.15) is 5.78 Å². The van der Waals surface area contributed by atoms with Crippen LogP contribution >= 0.6 is 0 Å². The van der Waals surface area contributed by atoms with Crippen LogP contribution in [0, 0.1) is 17.8 Å². The standard InChI is InChI=1S/C18H19NO4/c1-9(20)16-15-13-8-22-18(23-13)17(21)14(15)12-7-6-10-4-2-3-5-11(10)19(12)16/h2-7,10-16,18H,8H2,1H3/t10-,11-,12-,13+,14-,15-,16-,18+/m1/s1. The first-order valence-electron chi connectivity index (χ1n) is 8.29. The molecule has 0 aromatic heterocycles. The lowest BCUT2D eigenvalue weighted by atomic mass is 9.78. The van der Waals surface area contributed by atoms with Crippen LogP contribution in [0.5, 0.6) is 0 Å². The van der Waals surface area contributed by atoms with Crippen molar-refractivity contribution in [2.45, 2.75) is 37.4 Å². The van der Waals surface area contributed by atoms with Gasteiger partial charge in [0.2, 0.25) is 6.29 Å². The van der Waals surface area contributed by atoms with E-state index in [9.17, 15) is 9.59 Å². The minimum Gasteiger partial charge on any atom is -0.343 e. The Kier molecular flexibility index (Phi) is 2.84. The second-order valence-corrected chi connectivity index (χ2v) is 7.06. The zero-order valence-electron chi connectivity index (χ0n) is 12.9. The monoisotopic (exact) mass is 313 g/mol. The highest BCUT2D eigenvalue weighted by Crippen LogP contribution is 2.49. The highest BCUT2D eigenvalue weighted by molar-refractivity contribution is 5.91. The summed E-state index contributed by atoms with van der Waals surface area (Å²) in [6.07, 6.45) is 11.8. The topological polar surface area (TPSA) is 55.8 Å². The number of fused-ring (bicyclic) bond motifs is 8. The van der Waals surface area contributed by atoms with Crippen LogP contribution in [0.3, 0.4) is 0 Å². The minimum atomic E-state index is -0.735. The number of ketones is 2. The SMILES string of the molecule is CC(=O)[C@@H]1[C@H]2[C@H](C(=O)[C@H]3OC[C@@H]2O3)[C@H]2C=C[C@H]3C=CC=C[C@H]3N21. The van der Waals surface area contributed by atoms with Gasteiger partial charge in [-0.25, -0.2) is 0 Å². The van der Waals surface area contributed by atoms with Crippen molar-refractivity contribution < 1.29 is 19.1 Å². The molecule has 2 bridgehead atoms. The van der Waals surface area contributed by atoms with Crippen LogP contribution < -0.4 is 0 Å². The van der Waals surface area contributed by atoms with Crippen molar-refractivity contribution in [3.05, 3.63) is 36.5 Å². The number of hydrogen-bond donors (Lipinski definition) is 0. The van der Waals surface area contributed by atoms with Gasteiger partial charge in [0.25, 0.3) is 0 Å². The molecule has 0 aromatic rings. The molecular formula is C18H19NO4. The van der Waals surface area contributed by atoms with Gasteiger partial charge < -0.3 is 9.47 Å². The summed E-state index contributed by atoms with van der Waals surface area (Å²) in [5.74, 6) is 0.0722. The lowest BCUT2D eigenvalue weighted by molar-refractivity contribution is -0.164. The molecule has 0 radical (unpaired) electrons. The summed E-state index contributed by atoms with van der Waals surface area (Å²) < 4.78 is 11.2. The largest absolute Gasteiger partial charge is 0.343 e. The van der Waals surface area contributed by atoms with Crippen LogP contribution in [-0.4, -0.2) is 53.6 Å². The number of carbonyl (C=O) groups excluding carboxylic acids is 2. The Morgan fingerprint density at radius 1 is 1.17 bits per heavy atom. The molecule has 4 heterocycles. The van der Waals surface area contributed by atoms with Gasteiger partial charge in [-0.1, -0.05) is 36.5 Å². The second kappa shape index (κ2) is 4.72. The molecule has 5 heteroatoms. The lowest BCUT2D eigenvalue weighted by Crippen LogP contribution is -2.52. The average Bonchev–Trinajstić information content (AvgIpc) is 3.13. The van der Waals surface area contributed by atoms with Crippen molar-refractivity contribution in [1.82, 2.24) is 4.90 Å². The molecule has 5 rings (SSSR count). The fourth-order valence-corrected chi connectivity index (χ4v) is 5.13. The summed E-state index contributed by atoms with van der Waals surface area (Å²) in [7, 11) is 0. The maximum Gasteiger partial charge on any atom is 0.218 e. The molecule has 5 aliphatic rings. The van der Waals surface area contributed by atoms with Crippen LogP contribution in [0.1, 0.15) is 6.92 Å². The fourth-order valence-electron chi connectivity index (χ4n) is 5.13. The number of rotatable bonds is 1. The predicted octanol–water partition coefficient (Wildman–Crippen LogP) is 0.865. The molecule has 0 N–H and O–H groups in total. The lowest BCUT2D eigenvalue weighted by Gasteiger charge is -2.41. The van der Waals surface area contributed by atoms with Gasteiger partial charge in [-0.05, 0) is 6.92 Å². The Balaban J connectivity index is 1.63. The first kappa shape index (κ1) is 13.8. The first-order chi connectivity index (χ1) is 11.2. The van der Waals surface area contributed by atoms with Gasteiger partial charge in [0.15, 0.2) is 5.78 Å². The van der Waals surface area contributed by atoms with Gasteiger partial charge in [0.05, 0.1) is 18.8 Å². The third-order valence-electron chi connectivity index (χ3n) is 5.95. The maximum absolute atomic E-state index is 12.8. The summed E-state index contributed by atoms with van der Waals surface area (Å²) in [5.41, 5.74) is 0. The van der Waals surface area contributed by atoms with E-state index in [0.29, 0.717) is 6.61 Å². The van der Waals surface area contributed by atoms with Crippen LogP contribution in [0.4, 0.5) is 0 Å². The van der Waals surface area contributed by atoms with Crippen molar-refractivity contribution in [3.63, 3.8) is 0 Å². The summed E-state index contributed by atoms with van der Waals surface area (Å²) in [6, 6.07) is -0.175. The third-order valence-corrected chi connectivity index (χ3v) is 5.95. The zero-order chi connectivity index (χ0) is 15.7. The van der Waals surface area contributed by atoms with Crippen molar-refractivity contribution in [2.24, 2.45) is 17.8 Å². The van der Waals surface area contributed by atoms with Gasteiger partial charge in [-0.3, -0.25) is 14.5 Å². The van der Waals surface area contributed by atoms with E-state index in [2.05, 4.69) is 29.2 Å². The van der Waals surface area contributed by atoms with Crippen LogP contribution in [0.2, 0.25) is 0 Å². The Morgan fingerprint density at radius 2 is 2.00 bits per heavy atom. The Hall–Kier alpha value is -1.56. The Morgan fingerprint density at radius 3 is 2.83 bits per heavy atom. The number of carbonyl (C=O) groups is 2. The summed E-state index contributed by atoms with van der Waals surface area (Å²) in [6.45, 7) is 2.04. The molecule has 0 saturated carbocycles. The van der Waals surface area contributed by atoms with E-state index in [-0.39, 0.29) is 53.5 Å². The van der Waals surface area contributed by atoms with Gasteiger partial charge in [-0.2, -0.15) is 0 Å². The molecule has 0 amide bonds. The number of ether oxygens (including phenoxy) is 2. The number of hydrogen-bond acceptors (Lipinski definition) is 5. The zero-order valence-corrected chi connectivity index (χ0v) is 12.9. The molecule has 23 heavy (non-hydrogen) atoms. The van der Waals surface area contributed by atoms with E-state index in [1.54, 1.807) is 6.92 Å². The Bertz CT molecular complexity index is 666. The van der Waals surface area contributed by atoms with Gasteiger partial charge in [-0.15, -0.1) is 0 Å². The van der Waals surface area contributed by atoms with Crippen LogP contribution in [0.15, 0.2) is 36.5 Å². The molecular weight excluding hydrogens is 294 g/mol. The van der Waals surface area contributed by atoms with Crippen molar-refractivity contribution >= 4 is 11.6 Å². The molecule has 0 unspecified atom stereocenters. The quantitative estimate of drug-likeness (QED) is 0.672. The first-order valence-corrected chi connectivity index (χ1v) is 8.29. The summed E-state index contributed by atoms with van der Waals surface area (Å²) >= 11 is 0. The molecule has 3 fully saturated rings. The van der Waals surface area contributed by atoms with Crippen molar-refractivity contribution in [1.29, 1.82) is 0 Å². The van der Waals surface area contributed by atoms with Crippen molar-refractivity contribution in [2.75, 3.05) is 6.61 Å². The van der Waals surface area contributed by atoms with Gasteiger partial charge in [0, 0.05) is 29.8 Å². The highest BCUT2D eigenvalue weighted by atomic mass is 16.7. The molecule has 1 aliphatic carbocycles. The minimum absolute atomic E-state index is 0.000862. The van der Waals surface area contributed by atoms with Gasteiger partial charge >= 0.3 is 0 Å². The molecule has 8 atom stereocenters. The molecule has 120 valence electrons. The third kappa shape index (κ3) is 1.73. The molecule has 4 aliphatic heterocycles. The van der Waals surface area contributed by atoms with E-state index in [4.69, 9.17) is 9.47 Å². The van der Waals surface area contributed by atoms with E-state index in [0.717, 1.165) is 0 Å². The molecule has 0 aromatic carbocycles. The van der Waals surface area contributed by atoms with E-state index >= 15 is 0 Å². The summed E-state index contributed by atoms with van der Waals surface area (Å²) in [4.78, 5) is 27.5. The predicted molar refractivity (Wildman–Crippen MR) is 81.4 cm³/mol. The van der Waals surface area contributed by atoms with Crippen LogP contribution in [-0.2, 0) is 19.1 Å². The Labute approximate surface area is 134 Å². The smallest absolute Gasteiger partial charge is 0.218 e.